The van der Waals surface area contributed by atoms with Gasteiger partial charge in [0, 0.05) is 12.1 Å². The molecule has 146 valence electrons. The average molecular weight is 405 g/mol. The first kappa shape index (κ1) is 19.8. The summed E-state index contributed by atoms with van der Waals surface area (Å²) >= 11 is 0. The van der Waals surface area contributed by atoms with Crippen LogP contribution in [0.5, 0.6) is 0 Å². The van der Waals surface area contributed by atoms with E-state index < -0.39 is 32.6 Å². The van der Waals surface area contributed by atoms with Crippen LogP contribution >= 0.6 is 0 Å². The van der Waals surface area contributed by atoms with Crippen molar-refractivity contribution in [3.63, 3.8) is 0 Å². The van der Waals surface area contributed by atoms with Crippen LogP contribution in [0.4, 0.5) is 8.78 Å². The van der Waals surface area contributed by atoms with E-state index >= 15 is 0 Å². The Morgan fingerprint density at radius 2 is 1.79 bits per heavy atom. The van der Waals surface area contributed by atoms with E-state index in [4.69, 9.17) is 4.42 Å². The van der Waals surface area contributed by atoms with Gasteiger partial charge >= 0.3 is 0 Å². The molecule has 0 bridgehead atoms. The Bertz CT molecular complexity index is 1080. The van der Waals surface area contributed by atoms with Gasteiger partial charge in [-0.15, -0.1) is 0 Å². The van der Waals surface area contributed by atoms with Crippen LogP contribution in [0.3, 0.4) is 0 Å². The number of sulfone groups is 1. The van der Waals surface area contributed by atoms with E-state index in [-0.39, 0.29) is 22.8 Å². The number of hydrogen-bond donors (Lipinski definition) is 1. The molecule has 0 fully saturated rings. The zero-order chi connectivity index (χ0) is 20.3. The number of carbonyl (C=O) groups excluding carboxylic acids is 1. The number of furan rings is 1. The highest BCUT2D eigenvalue weighted by Gasteiger charge is 2.32. The van der Waals surface area contributed by atoms with Crippen LogP contribution in [0.1, 0.15) is 26.9 Å². The van der Waals surface area contributed by atoms with Gasteiger partial charge in [-0.1, -0.05) is 17.7 Å². The molecule has 0 saturated carbocycles. The fourth-order valence-electron chi connectivity index (χ4n) is 2.65. The molecule has 0 saturated heterocycles. The molecule has 0 aliphatic rings. The maximum Gasteiger partial charge on any atom is 0.251 e. The molecular formula is C20H17F2NO4S. The van der Waals surface area contributed by atoms with E-state index in [1.165, 1.54) is 24.5 Å². The Morgan fingerprint density at radius 1 is 1.07 bits per heavy atom. The summed E-state index contributed by atoms with van der Waals surface area (Å²) in [4.78, 5) is 12.3. The largest absolute Gasteiger partial charge is 0.468 e. The van der Waals surface area contributed by atoms with Crippen LogP contribution in [-0.4, -0.2) is 20.9 Å². The lowest BCUT2D eigenvalue weighted by Crippen LogP contribution is -2.32. The molecule has 1 atom stereocenters. The van der Waals surface area contributed by atoms with Crippen LogP contribution in [0.15, 0.2) is 70.2 Å². The lowest BCUT2D eigenvalue weighted by atomic mass is 10.2. The molecule has 3 rings (SSSR count). The molecule has 1 N–H and O–H groups in total. The SMILES string of the molecule is Cc1ccc(S(=O)(=O)[C@H](CNC(=O)c2ccc(F)c(F)c2)c2ccco2)cc1. The second-order valence-corrected chi connectivity index (χ2v) is 8.33. The molecule has 2 aromatic carbocycles. The third kappa shape index (κ3) is 4.12. The lowest BCUT2D eigenvalue weighted by molar-refractivity contribution is 0.0952. The molecule has 1 heterocycles. The first-order chi connectivity index (χ1) is 13.3. The van der Waals surface area contributed by atoms with Gasteiger partial charge in [-0.05, 0) is 49.4 Å². The molecule has 3 aromatic rings. The van der Waals surface area contributed by atoms with Gasteiger partial charge in [-0.2, -0.15) is 0 Å². The van der Waals surface area contributed by atoms with Crippen molar-refractivity contribution in [2.24, 2.45) is 0 Å². The topological polar surface area (TPSA) is 76.4 Å². The van der Waals surface area contributed by atoms with E-state index in [2.05, 4.69) is 5.32 Å². The first-order valence-corrected chi connectivity index (χ1v) is 9.91. The van der Waals surface area contributed by atoms with Gasteiger partial charge in [0.05, 0.1) is 11.2 Å². The Balaban J connectivity index is 1.86. The van der Waals surface area contributed by atoms with E-state index in [0.717, 1.165) is 23.8 Å². The number of halogens is 2. The number of rotatable bonds is 6. The summed E-state index contributed by atoms with van der Waals surface area (Å²) in [5.74, 6) is -2.81. The van der Waals surface area contributed by atoms with Crippen LogP contribution in [0.25, 0.3) is 0 Å². The summed E-state index contributed by atoms with van der Waals surface area (Å²) in [6.45, 7) is 1.53. The number of carbonyl (C=O) groups is 1. The van der Waals surface area contributed by atoms with Crippen molar-refractivity contribution in [3.05, 3.63) is 89.4 Å². The van der Waals surface area contributed by atoms with Crippen molar-refractivity contribution >= 4 is 15.7 Å². The van der Waals surface area contributed by atoms with Crippen LogP contribution < -0.4 is 5.32 Å². The van der Waals surface area contributed by atoms with E-state index in [1.54, 1.807) is 18.2 Å². The molecule has 1 amide bonds. The molecular weight excluding hydrogens is 388 g/mol. The van der Waals surface area contributed by atoms with Crippen molar-refractivity contribution in [1.29, 1.82) is 0 Å². The van der Waals surface area contributed by atoms with Crippen molar-refractivity contribution in [1.82, 2.24) is 5.32 Å². The standard InChI is InChI=1S/C20H17F2NO4S/c1-13-4-7-15(8-5-13)28(25,26)19(18-3-2-10-27-18)12-23-20(24)14-6-9-16(21)17(22)11-14/h2-11,19H,12H2,1H3,(H,23,24)/t19-/m1/s1. The van der Waals surface area contributed by atoms with E-state index in [0.29, 0.717) is 0 Å². The Morgan fingerprint density at radius 3 is 2.39 bits per heavy atom. The first-order valence-electron chi connectivity index (χ1n) is 8.36. The fourth-order valence-corrected chi connectivity index (χ4v) is 4.24. The molecule has 5 nitrogen and oxygen atoms in total. The summed E-state index contributed by atoms with van der Waals surface area (Å²) in [7, 11) is -3.88. The third-order valence-corrected chi connectivity index (χ3v) is 6.29. The Labute approximate surface area is 160 Å². The van der Waals surface area contributed by atoms with Gasteiger partial charge in [0.1, 0.15) is 11.0 Å². The Kier molecular flexibility index (Phi) is 5.60. The minimum Gasteiger partial charge on any atom is -0.468 e. The quantitative estimate of drug-likeness (QED) is 0.677. The van der Waals surface area contributed by atoms with Gasteiger partial charge in [-0.3, -0.25) is 4.79 Å². The number of hydrogen-bond acceptors (Lipinski definition) is 4. The van der Waals surface area contributed by atoms with Gasteiger partial charge in [0.15, 0.2) is 21.5 Å². The highest BCUT2D eigenvalue weighted by atomic mass is 32.2. The average Bonchev–Trinajstić information content (AvgIpc) is 3.18. The fraction of sp³-hybridized carbons (Fsp3) is 0.150. The minimum atomic E-state index is -3.88. The number of aryl methyl sites for hydroxylation is 1. The summed E-state index contributed by atoms with van der Waals surface area (Å²) in [5.41, 5.74) is 0.782. The summed E-state index contributed by atoms with van der Waals surface area (Å²) in [6.07, 6.45) is 1.34. The normalized spacial score (nSPS) is 12.5. The molecule has 0 radical (unpaired) electrons. The summed E-state index contributed by atoms with van der Waals surface area (Å²) in [6, 6.07) is 12.1. The van der Waals surface area contributed by atoms with Crippen molar-refractivity contribution < 1.29 is 26.4 Å². The van der Waals surface area contributed by atoms with Crippen LogP contribution in [0, 0.1) is 18.6 Å². The maximum absolute atomic E-state index is 13.3. The molecule has 0 spiro atoms. The number of nitrogens with one attached hydrogen (secondary N) is 1. The molecule has 28 heavy (non-hydrogen) atoms. The smallest absolute Gasteiger partial charge is 0.251 e. The predicted molar refractivity (Wildman–Crippen MR) is 98.5 cm³/mol. The molecule has 0 aliphatic heterocycles. The Hall–Kier alpha value is -3.00. The van der Waals surface area contributed by atoms with Gasteiger partial charge in [0.25, 0.3) is 5.91 Å². The summed E-state index contributed by atoms with van der Waals surface area (Å²) in [5, 5.41) is 1.27. The van der Waals surface area contributed by atoms with Crippen molar-refractivity contribution in [2.45, 2.75) is 17.1 Å². The van der Waals surface area contributed by atoms with Gasteiger partial charge in [-0.25, -0.2) is 17.2 Å². The van der Waals surface area contributed by atoms with Gasteiger partial charge in [0.2, 0.25) is 0 Å². The second kappa shape index (κ2) is 7.93. The maximum atomic E-state index is 13.3. The van der Waals surface area contributed by atoms with E-state index in [9.17, 15) is 22.0 Å². The minimum absolute atomic E-state index is 0.0848. The molecule has 0 unspecified atom stereocenters. The van der Waals surface area contributed by atoms with E-state index in [1.807, 2.05) is 6.92 Å². The highest BCUT2D eigenvalue weighted by molar-refractivity contribution is 7.91. The third-order valence-electron chi connectivity index (χ3n) is 4.21. The second-order valence-electron chi connectivity index (χ2n) is 6.20. The molecule has 8 heteroatoms. The van der Waals surface area contributed by atoms with Crippen LogP contribution in [0.2, 0.25) is 0 Å². The number of benzene rings is 2. The predicted octanol–water partition coefficient (Wildman–Crippen LogP) is 3.81. The zero-order valence-corrected chi connectivity index (χ0v) is 15.7. The molecule has 0 aliphatic carbocycles. The van der Waals surface area contributed by atoms with Crippen LogP contribution in [-0.2, 0) is 9.84 Å². The van der Waals surface area contributed by atoms with Crippen molar-refractivity contribution in [2.75, 3.05) is 6.54 Å². The zero-order valence-electron chi connectivity index (χ0n) is 14.9. The van der Waals surface area contributed by atoms with Crippen molar-refractivity contribution in [3.8, 4) is 0 Å². The van der Waals surface area contributed by atoms with Gasteiger partial charge < -0.3 is 9.73 Å². The summed E-state index contributed by atoms with van der Waals surface area (Å²) < 4.78 is 57.8. The lowest BCUT2D eigenvalue weighted by Gasteiger charge is -2.17. The monoisotopic (exact) mass is 405 g/mol. The highest BCUT2D eigenvalue weighted by Crippen LogP contribution is 2.29. The molecule has 1 aromatic heterocycles. The number of amides is 1.